The van der Waals surface area contributed by atoms with Gasteiger partial charge in [0.05, 0.1) is 0 Å². The van der Waals surface area contributed by atoms with Crippen LogP contribution in [0, 0.1) is 11.7 Å². The summed E-state index contributed by atoms with van der Waals surface area (Å²) in [5.41, 5.74) is 1.18. The molecule has 0 saturated heterocycles. The number of nitrogens with zero attached hydrogens (tertiary/aromatic N) is 1. The predicted molar refractivity (Wildman–Crippen MR) is 67.3 cm³/mol. The van der Waals surface area contributed by atoms with Gasteiger partial charge in [0.1, 0.15) is 17.3 Å². The zero-order valence-corrected chi connectivity index (χ0v) is 9.82. The summed E-state index contributed by atoms with van der Waals surface area (Å²) >= 11 is 0. The average molecular weight is 244 g/mol. The average Bonchev–Trinajstić information content (AvgIpc) is 2.61. The molecule has 1 aromatic rings. The number of nitrogens with one attached hydrogen (secondary N) is 1. The molecule has 0 atom stereocenters. The van der Waals surface area contributed by atoms with Crippen molar-refractivity contribution in [3.63, 3.8) is 0 Å². The summed E-state index contributed by atoms with van der Waals surface area (Å²) in [6.45, 7) is 0. The van der Waals surface area contributed by atoms with Gasteiger partial charge in [-0.2, -0.15) is 0 Å². The molecule has 0 unspecified atom stereocenters. The van der Waals surface area contributed by atoms with Gasteiger partial charge in [-0.1, -0.05) is 18.6 Å². The largest absolute Gasteiger partial charge is 0.308 e. The second-order valence-corrected chi connectivity index (χ2v) is 4.66. The van der Waals surface area contributed by atoms with Gasteiger partial charge in [-0.15, -0.1) is 0 Å². The number of hydrogen-bond acceptors (Lipinski definition) is 2. The lowest BCUT2D eigenvalue weighted by molar-refractivity contribution is -0.115. The number of benzene rings is 1. The lowest BCUT2D eigenvalue weighted by atomic mass is 9.84. The third-order valence-electron chi connectivity index (χ3n) is 3.38. The van der Waals surface area contributed by atoms with Crippen LogP contribution < -0.4 is 5.32 Å². The van der Waals surface area contributed by atoms with E-state index in [2.05, 4.69) is 10.3 Å². The minimum atomic E-state index is -0.285. The summed E-state index contributed by atoms with van der Waals surface area (Å²) in [4.78, 5) is 16.1. The van der Waals surface area contributed by atoms with E-state index in [1.807, 2.05) is 0 Å². The topological polar surface area (TPSA) is 41.5 Å². The molecule has 0 radical (unpaired) electrons. The first-order chi connectivity index (χ1) is 8.72. The third-order valence-corrected chi connectivity index (χ3v) is 3.38. The summed E-state index contributed by atoms with van der Waals surface area (Å²) < 4.78 is 12.8. The van der Waals surface area contributed by atoms with Crippen molar-refractivity contribution >= 4 is 17.8 Å². The van der Waals surface area contributed by atoms with E-state index in [9.17, 15) is 9.18 Å². The Hall–Kier alpha value is -1.97. The molecule has 3 nitrogen and oxygen atoms in total. The van der Waals surface area contributed by atoms with Crippen LogP contribution in [0.25, 0.3) is 6.08 Å². The van der Waals surface area contributed by atoms with E-state index in [1.165, 1.54) is 18.6 Å². The Morgan fingerprint density at radius 1 is 1.28 bits per heavy atom. The van der Waals surface area contributed by atoms with Gasteiger partial charge in [0.15, 0.2) is 0 Å². The Bertz CT molecular complexity index is 541. The molecule has 1 aliphatic carbocycles. The van der Waals surface area contributed by atoms with Crippen molar-refractivity contribution < 1.29 is 9.18 Å². The normalized spacial score (nSPS) is 21.7. The number of halogens is 1. The van der Waals surface area contributed by atoms with E-state index in [1.54, 1.807) is 18.2 Å². The second-order valence-electron chi connectivity index (χ2n) is 4.66. The first-order valence-electron chi connectivity index (χ1n) is 6.09. The maximum atomic E-state index is 12.8. The molecule has 3 rings (SSSR count). The summed E-state index contributed by atoms with van der Waals surface area (Å²) in [6, 6.07) is 6.00. The van der Waals surface area contributed by atoms with E-state index in [4.69, 9.17) is 0 Å². The molecule has 1 fully saturated rings. The van der Waals surface area contributed by atoms with Crippen LogP contribution in [0.15, 0.2) is 35.0 Å². The molecule has 1 N–H and O–H groups in total. The van der Waals surface area contributed by atoms with Crippen LogP contribution >= 0.6 is 0 Å². The number of carbonyl (C=O) groups is 1. The maximum Gasteiger partial charge on any atom is 0.275 e. The van der Waals surface area contributed by atoms with Crippen LogP contribution in [-0.2, 0) is 4.79 Å². The van der Waals surface area contributed by atoms with Crippen LogP contribution in [0.3, 0.4) is 0 Å². The Morgan fingerprint density at radius 2 is 2.00 bits per heavy atom. The quantitative estimate of drug-likeness (QED) is 0.798. The fourth-order valence-electron chi connectivity index (χ4n) is 2.08. The Balaban J connectivity index is 1.84. The number of amides is 1. The lowest BCUT2D eigenvalue weighted by Crippen LogP contribution is -2.33. The third kappa shape index (κ3) is 2.06. The fraction of sp³-hybridized carbons (Fsp3) is 0.286. The molecule has 1 amide bonds. The minimum absolute atomic E-state index is 0.166. The highest BCUT2D eigenvalue weighted by Gasteiger charge is 2.30. The molecular weight excluding hydrogens is 231 g/mol. The Morgan fingerprint density at radius 3 is 2.61 bits per heavy atom. The summed E-state index contributed by atoms with van der Waals surface area (Å²) in [5, 5.41) is 2.81. The second kappa shape index (κ2) is 4.37. The highest BCUT2D eigenvalue weighted by molar-refractivity contribution is 6.15. The summed E-state index contributed by atoms with van der Waals surface area (Å²) in [5.74, 6) is 0.751. The van der Waals surface area contributed by atoms with Gasteiger partial charge >= 0.3 is 0 Å². The van der Waals surface area contributed by atoms with Crippen LogP contribution in [0.2, 0.25) is 0 Å². The van der Waals surface area contributed by atoms with Crippen LogP contribution in [0.1, 0.15) is 24.8 Å². The van der Waals surface area contributed by atoms with E-state index in [-0.39, 0.29) is 11.7 Å². The fourth-order valence-corrected chi connectivity index (χ4v) is 2.08. The van der Waals surface area contributed by atoms with E-state index >= 15 is 0 Å². The van der Waals surface area contributed by atoms with Crippen molar-refractivity contribution in [1.82, 2.24) is 5.32 Å². The number of carbonyl (C=O) groups excluding carboxylic acids is 1. The summed E-state index contributed by atoms with van der Waals surface area (Å²) in [6.07, 6.45) is 5.09. The molecule has 0 spiro atoms. The first-order valence-corrected chi connectivity index (χ1v) is 6.09. The van der Waals surface area contributed by atoms with E-state index in [0.29, 0.717) is 11.6 Å². The molecule has 1 heterocycles. The van der Waals surface area contributed by atoms with Crippen molar-refractivity contribution in [2.45, 2.75) is 19.3 Å². The van der Waals surface area contributed by atoms with Gasteiger partial charge in [0.2, 0.25) is 0 Å². The number of amidine groups is 1. The molecule has 0 aromatic heterocycles. The van der Waals surface area contributed by atoms with E-state index < -0.39 is 0 Å². The van der Waals surface area contributed by atoms with Crippen molar-refractivity contribution in [1.29, 1.82) is 0 Å². The Kier molecular flexibility index (Phi) is 2.70. The summed E-state index contributed by atoms with van der Waals surface area (Å²) in [7, 11) is 0. The number of rotatable bonds is 2. The molecular formula is C14H13FN2O. The SMILES string of the molecule is O=C1NC(C2CCC2)=N/C1=C/c1ccc(F)cc1. The monoisotopic (exact) mass is 244 g/mol. The van der Waals surface area contributed by atoms with Crippen molar-refractivity contribution in [3.05, 3.63) is 41.3 Å². The van der Waals surface area contributed by atoms with Gasteiger partial charge in [0, 0.05) is 5.92 Å². The van der Waals surface area contributed by atoms with Crippen molar-refractivity contribution in [2.75, 3.05) is 0 Å². The minimum Gasteiger partial charge on any atom is -0.308 e. The molecule has 1 aromatic carbocycles. The van der Waals surface area contributed by atoms with E-state index in [0.717, 1.165) is 24.2 Å². The highest BCUT2D eigenvalue weighted by atomic mass is 19.1. The van der Waals surface area contributed by atoms with Gasteiger partial charge in [-0.05, 0) is 36.6 Å². The smallest absolute Gasteiger partial charge is 0.275 e. The molecule has 1 aliphatic heterocycles. The first kappa shape index (κ1) is 11.1. The van der Waals surface area contributed by atoms with Gasteiger partial charge in [-0.3, -0.25) is 4.79 Å². The molecule has 18 heavy (non-hydrogen) atoms. The van der Waals surface area contributed by atoms with Crippen LogP contribution in [0.5, 0.6) is 0 Å². The Labute approximate surface area is 104 Å². The van der Waals surface area contributed by atoms with Gasteiger partial charge in [0.25, 0.3) is 5.91 Å². The standard InChI is InChI=1S/C14H13FN2O/c15-11-6-4-9(5-7-11)8-12-14(18)17-13(16-12)10-2-1-3-10/h4-8,10H,1-3H2,(H,16,17,18)/b12-8+. The molecule has 92 valence electrons. The van der Waals surface area contributed by atoms with Gasteiger partial charge in [-0.25, -0.2) is 9.38 Å². The lowest BCUT2D eigenvalue weighted by Gasteiger charge is -2.24. The zero-order valence-electron chi connectivity index (χ0n) is 9.82. The highest BCUT2D eigenvalue weighted by Crippen LogP contribution is 2.29. The van der Waals surface area contributed by atoms with Crippen LogP contribution in [-0.4, -0.2) is 11.7 Å². The maximum absolute atomic E-state index is 12.8. The molecule has 0 bridgehead atoms. The van der Waals surface area contributed by atoms with Crippen molar-refractivity contribution in [2.24, 2.45) is 10.9 Å². The van der Waals surface area contributed by atoms with Gasteiger partial charge < -0.3 is 5.32 Å². The zero-order chi connectivity index (χ0) is 12.5. The molecule has 1 saturated carbocycles. The number of aliphatic imine (C=N–C) groups is 1. The molecule has 2 aliphatic rings. The van der Waals surface area contributed by atoms with Crippen LogP contribution in [0.4, 0.5) is 4.39 Å². The predicted octanol–water partition coefficient (Wildman–Crippen LogP) is 2.50. The molecule has 4 heteroatoms. The van der Waals surface area contributed by atoms with Crippen molar-refractivity contribution in [3.8, 4) is 0 Å². The number of hydrogen-bond donors (Lipinski definition) is 1.